The van der Waals surface area contributed by atoms with Crippen molar-refractivity contribution in [3.8, 4) is 0 Å². The fourth-order valence-electron chi connectivity index (χ4n) is 4.63. The molecule has 14 heteroatoms. The fraction of sp³-hybridized carbons (Fsp3) is 0.480. The van der Waals surface area contributed by atoms with Gasteiger partial charge in [-0.25, -0.2) is 13.4 Å². The monoisotopic (exact) mass is 562 g/mol. The topological polar surface area (TPSA) is 163 Å². The summed E-state index contributed by atoms with van der Waals surface area (Å²) in [5.74, 6) is -2.81. The number of hydrogen-bond acceptors (Lipinski definition) is 10. The molecule has 0 aliphatic carbocycles. The largest absolute Gasteiger partial charge is 0.345 e. The minimum atomic E-state index is -3.86. The molecule has 3 aliphatic heterocycles. The van der Waals surface area contributed by atoms with Crippen molar-refractivity contribution in [2.24, 2.45) is 0 Å². The van der Waals surface area contributed by atoms with Gasteiger partial charge in [0.25, 0.3) is 15.9 Å². The summed E-state index contributed by atoms with van der Waals surface area (Å²) in [4.78, 5) is 29.5. The van der Waals surface area contributed by atoms with Crippen LogP contribution in [-0.4, -0.2) is 74.0 Å². The Kier molecular flexibility index (Phi) is 7.11. The summed E-state index contributed by atoms with van der Waals surface area (Å²) in [6.45, 7) is 6.58. The number of nitrogens with zero attached hydrogens (tertiary/aromatic N) is 1. The first-order chi connectivity index (χ1) is 18.3. The highest BCUT2D eigenvalue weighted by molar-refractivity contribution is 7.92. The van der Waals surface area contributed by atoms with E-state index in [-0.39, 0.29) is 17.3 Å². The van der Waals surface area contributed by atoms with E-state index in [1.54, 1.807) is 39.8 Å². The predicted molar refractivity (Wildman–Crippen MR) is 136 cm³/mol. The Hall–Kier alpha value is -3.14. The number of hydrogen-bond donors (Lipinski definition) is 3. The summed E-state index contributed by atoms with van der Waals surface area (Å²) >= 11 is 0. The molecule has 4 heterocycles. The summed E-state index contributed by atoms with van der Waals surface area (Å²) in [5, 5.41) is 5.17. The summed E-state index contributed by atoms with van der Waals surface area (Å²) in [6, 6.07) is 10.4. The third kappa shape index (κ3) is 6.05. The van der Waals surface area contributed by atoms with Gasteiger partial charge in [0.15, 0.2) is 24.0 Å². The number of rotatable bonds is 7. The van der Waals surface area contributed by atoms with E-state index in [1.165, 1.54) is 36.5 Å². The lowest BCUT2D eigenvalue weighted by molar-refractivity contribution is -0.231. The number of anilines is 2. The van der Waals surface area contributed by atoms with Gasteiger partial charge in [-0.05, 0) is 64.1 Å². The van der Waals surface area contributed by atoms with Crippen LogP contribution in [0.4, 0.5) is 11.5 Å². The molecule has 5 rings (SSSR count). The third-order valence-corrected chi connectivity index (χ3v) is 7.56. The zero-order valence-corrected chi connectivity index (χ0v) is 22.6. The predicted octanol–water partition coefficient (Wildman–Crippen LogP) is 1.33. The van der Waals surface area contributed by atoms with Crippen LogP contribution in [0.5, 0.6) is 0 Å². The van der Waals surface area contributed by atoms with E-state index in [4.69, 9.17) is 23.7 Å². The van der Waals surface area contributed by atoms with Crippen LogP contribution in [-0.2, 0) is 43.3 Å². The van der Waals surface area contributed by atoms with Gasteiger partial charge in [0.1, 0.15) is 24.1 Å². The molecule has 0 bridgehead atoms. The van der Waals surface area contributed by atoms with E-state index in [2.05, 4.69) is 20.3 Å². The average molecular weight is 563 g/mol. The van der Waals surface area contributed by atoms with Crippen molar-refractivity contribution in [3.63, 3.8) is 0 Å². The Bertz CT molecular complexity index is 1340. The minimum Gasteiger partial charge on any atom is -0.345 e. The van der Waals surface area contributed by atoms with Gasteiger partial charge < -0.3 is 34.3 Å². The first-order valence-electron chi connectivity index (χ1n) is 12.3. The maximum absolute atomic E-state index is 13.0. The average Bonchev–Trinajstić information content (AvgIpc) is 3.36. The summed E-state index contributed by atoms with van der Waals surface area (Å²) in [5.41, 5.74) is 0.343. The normalized spacial score (nSPS) is 28.7. The highest BCUT2D eigenvalue weighted by Gasteiger charge is 2.62. The number of fused-ring (bicyclic) bond motifs is 3. The lowest BCUT2D eigenvalue weighted by Crippen LogP contribution is -2.59. The quantitative estimate of drug-likeness (QED) is 0.449. The number of sulfonamides is 1. The number of benzene rings is 1. The molecule has 2 amide bonds. The van der Waals surface area contributed by atoms with Crippen LogP contribution < -0.4 is 15.4 Å². The number of nitrogens with one attached hydrogen (secondary N) is 3. The highest BCUT2D eigenvalue weighted by Crippen LogP contribution is 2.44. The molecule has 0 saturated carbocycles. The molecule has 0 spiro atoms. The van der Waals surface area contributed by atoms with E-state index in [0.717, 1.165) is 0 Å². The summed E-state index contributed by atoms with van der Waals surface area (Å²) in [7, 11) is -3.86. The molecule has 210 valence electrons. The van der Waals surface area contributed by atoms with Crippen molar-refractivity contribution >= 4 is 33.3 Å². The number of amides is 2. The Morgan fingerprint density at radius 1 is 0.897 bits per heavy atom. The van der Waals surface area contributed by atoms with Crippen molar-refractivity contribution in [3.05, 3.63) is 48.7 Å². The Balaban J connectivity index is 1.17. The van der Waals surface area contributed by atoms with Crippen LogP contribution in [0, 0.1) is 0 Å². The second kappa shape index (κ2) is 10.1. The van der Waals surface area contributed by atoms with E-state index >= 15 is 0 Å². The van der Waals surface area contributed by atoms with Crippen LogP contribution >= 0.6 is 0 Å². The van der Waals surface area contributed by atoms with Crippen LogP contribution in [0.25, 0.3) is 0 Å². The number of pyridine rings is 1. The number of ether oxygens (including phenoxy) is 5. The number of aromatic nitrogens is 1. The Morgan fingerprint density at radius 2 is 1.56 bits per heavy atom. The molecule has 13 nitrogen and oxygen atoms in total. The lowest BCUT2D eigenvalue weighted by atomic mass is 9.98. The van der Waals surface area contributed by atoms with Crippen molar-refractivity contribution < 1.29 is 41.7 Å². The summed E-state index contributed by atoms with van der Waals surface area (Å²) < 4.78 is 57.0. The minimum absolute atomic E-state index is 0.00949. The van der Waals surface area contributed by atoms with Crippen molar-refractivity contribution in [2.45, 2.75) is 74.9 Å². The van der Waals surface area contributed by atoms with Crippen molar-refractivity contribution in [1.82, 2.24) is 10.3 Å². The van der Waals surface area contributed by atoms with Gasteiger partial charge in [-0.3, -0.25) is 14.3 Å². The smallest absolute Gasteiger partial charge is 0.263 e. The summed E-state index contributed by atoms with van der Waals surface area (Å²) in [6.07, 6.45) is -2.42. The van der Waals surface area contributed by atoms with Gasteiger partial charge in [-0.1, -0.05) is 6.07 Å². The van der Waals surface area contributed by atoms with E-state index in [9.17, 15) is 18.0 Å². The molecule has 39 heavy (non-hydrogen) atoms. The van der Waals surface area contributed by atoms with Gasteiger partial charge in [0.05, 0.1) is 11.4 Å². The highest BCUT2D eigenvalue weighted by atomic mass is 32.2. The zero-order valence-electron chi connectivity index (χ0n) is 21.7. The molecule has 3 saturated heterocycles. The van der Waals surface area contributed by atoms with Gasteiger partial charge in [-0.2, -0.15) is 0 Å². The maximum atomic E-state index is 13.0. The number of carbonyl (C=O) groups excluding carboxylic acids is 2. The second-order valence-electron chi connectivity index (χ2n) is 10.2. The van der Waals surface area contributed by atoms with Crippen LogP contribution in [0.3, 0.4) is 0 Å². The van der Waals surface area contributed by atoms with Gasteiger partial charge in [0.2, 0.25) is 5.91 Å². The van der Waals surface area contributed by atoms with E-state index in [0.29, 0.717) is 5.69 Å². The van der Waals surface area contributed by atoms with Crippen molar-refractivity contribution in [1.29, 1.82) is 0 Å². The molecule has 5 atom stereocenters. The van der Waals surface area contributed by atoms with E-state index in [1.807, 2.05) is 0 Å². The Morgan fingerprint density at radius 3 is 2.26 bits per heavy atom. The molecular weight excluding hydrogens is 532 g/mol. The lowest BCUT2D eigenvalue weighted by Gasteiger charge is -2.36. The number of carbonyl (C=O) groups is 2. The Labute approximate surface area is 225 Å². The molecule has 3 fully saturated rings. The first kappa shape index (κ1) is 27.4. The van der Waals surface area contributed by atoms with Crippen LogP contribution in [0.15, 0.2) is 53.6 Å². The van der Waals surface area contributed by atoms with Gasteiger partial charge in [-0.15, -0.1) is 0 Å². The molecule has 2 aromatic rings. The van der Waals surface area contributed by atoms with Crippen LogP contribution in [0.1, 0.15) is 27.7 Å². The fourth-order valence-corrected chi connectivity index (χ4v) is 5.64. The zero-order chi connectivity index (χ0) is 28.0. The van der Waals surface area contributed by atoms with Gasteiger partial charge in [0, 0.05) is 11.9 Å². The standard InChI is InChI=1S/C25H30N4O9S/c1-24(2)35-18-19(36-24)21-23(38-25(3,4)37-21)34-20(18)22(31)27-13-17(30)28-14-8-10-15(11-9-14)39(32,33)29-16-7-5-6-12-26-16/h5-12,18-21,23H,13H2,1-4H3,(H,26,29)(H,27,31)(H,28,30)/t18-,19+,20+,21-,23-/m1/s1. The second-order valence-corrected chi connectivity index (χ2v) is 11.9. The first-order valence-corrected chi connectivity index (χ1v) is 13.8. The van der Waals surface area contributed by atoms with E-state index < -0.39 is 64.1 Å². The SMILES string of the molecule is CC1(C)O[C@H]2[C@@H](O1)[C@@H](C(=O)NCC(=O)Nc1ccc(S(=O)(=O)Nc3ccccn3)cc1)O[C@@H]1OC(C)(C)O[C@@H]12. The third-order valence-electron chi connectivity index (χ3n) is 6.19. The maximum Gasteiger partial charge on any atom is 0.263 e. The molecule has 0 unspecified atom stereocenters. The molecule has 3 N–H and O–H groups in total. The molecule has 1 aromatic carbocycles. The molecule has 3 aliphatic rings. The molecule has 0 radical (unpaired) electrons. The molecule has 1 aromatic heterocycles. The van der Waals surface area contributed by atoms with Gasteiger partial charge >= 0.3 is 0 Å². The van der Waals surface area contributed by atoms with Crippen LogP contribution in [0.2, 0.25) is 0 Å². The molecular formula is C25H30N4O9S. The van der Waals surface area contributed by atoms with Crippen molar-refractivity contribution in [2.75, 3.05) is 16.6 Å².